The van der Waals surface area contributed by atoms with Crippen molar-refractivity contribution < 1.29 is 19.1 Å². The van der Waals surface area contributed by atoms with Gasteiger partial charge in [-0.05, 0) is 55.0 Å². The Kier molecular flexibility index (Phi) is 7.11. The number of nitrogens with zero attached hydrogens (tertiary/aromatic N) is 2. The first-order valence-electron chi connectivity index (χ1n) is 10.9. The van der Waals surface area contributed by atoms with Crippen molar-refractivity contribution in [1.82, 2.24) is 14.8 Å². The molecule has 0 saturated carbocycles. The van der Waals surface area contributed by atoms with Crippen molar-refractivity contribution in [3.63, 3.8) is 0 Å². The summed E-state index contributed by atoms with van der Waals surface area (Å²) in [6, 6.07) is 15.5. The van der Waals surface area contributed by atoms with Crippen LogP contribution in [0.4, 0.5) is 5.13 Å². The van der Waals surface area contributed by atoms with E-state index < -0.39 is 5.97 Å². The van der Waals surface area contributed by atoms with Gasteiger partial charge >= 0.3 is 5.97 Å². The quantitative estimate of drug-likeness (QED) is 0.361. The molecule has 2 aromatic heterocycles. The van der Waals surface area contributed by atoms with Crippen molar-refractivity contribution in [2.24, 2.45) is 0 Å². The smallest absolute Gasteiger partial charge is 0.311 e. The van der Waals surface area contributed by atoms with Crippen LogP contribution < -0.4 is 15.6 Å². The molecule has 0 aliphatic carbocycles. The van der Waals surface area contributed by atoms with Crippen molar-refractivity contribution >= 4 is 28.3 Å². The van der Waals surface area contributed by atoms with E-state index in [0.717, 1.165) is 28.3 Å². The number of aryl methyl sites for hydroxylation is 1. The van der Waals surface area contributed by atoms with Gasteiger partial charge in [0.05, 0.1) is 32.0 Å². The van der Waals surface area contributed by atoms with Crippen LogP contribution in [0.15, 0.2) is 59.4 Å². The Morgan fingerprint density at radius 2 is 1.80 bits per heavy atom. The van der Waals surface area contributed by atoms with Crippen LogP contribution in [0.5, 0.6) is 5.75 Å². The highest BCUT2D eigenvalue weighted by Crippen LogP contribution is 2.32. The van der Waals surface area contributed by atoms with Crippen molar-refractivity contribution in [1.29, 1.82) is 0 Å². The molecule has 2 aromatic carbocycles. The van der Waals surface area contributed by atoms with Gasteiger partial charge in [-0.1, -0.05) is 6.92 Å². The zero-order valence-corrected chi connectivity index (χ0v) is 20.3. The highest BCUT2D eigenvalue weighted by molar-refractivity contribution is 7.16. The molecule has 2 N–H and O–H groups in total. The molecule has 10 heteroatoms. The van der Waals surface area contributed by atoms with Gasteiger partial charge in [0.2, 0.25) is 0 Å². The Bertz CT molecular complexity index is 1400. The molecule has 0 radical (unpaired) electrons. The van der Waals surface area contributed by atoms with E-state index in [9.17, 15) is 14.4 Å². The third kappa shape index (κ3) is 5.33. The molecule has 0 fully saturated rings. The highest BCUT2D eigenvalue weighted by atomic mass is 32.1. The van der Waals surface area contributed by atoms with Crippen molar-refractivity contribution in [3.05, 3.63) is 81.1 Å². The number of carbonyl (C=O) groups is 2. The summed E-state index contributed by atoms with van der Waals surface area (Å²) in [5, 5.41) is 6.25. The summed E-state index contributed by atoms with van der Waals surface area (Å²) in [4.78, 5) is 42.3. The van der Waals surface area contributed by atoms with Gasteiger partial charge in [-0.3, -0.25) is 24.8 Å². The minimum absolute atomic E-state index is 0.0364. The molecule has 0 spiro atoms. The average Bonchev–Trinajstić information content (AvgIpc) is 3.46. The number of H-pyrrole nitrogens is 1. The minimum atomic E-state index is -0.450. The lowest BCUT2D eigenvalue weighted by Crippen LogP contribution is -2.15. The monoisotopic (exact) mass is 492 g/mol. The normalized spacial score (nSPS) is 10.7. The van der Waals surface area contributed by atoms with E-state index in [4.69, 9.17) is 4.74 Å². The number of anilines is 1. The average molecular weight is 493 g/mol. The minimum Gasteiger partial charge on any atom is -0.497 e. The molecule has 9 nitrogen and oxygen atoms in total. The van der Waals surface area contributed by atoms with Crippen molar-refractivity contribution in [2.75, 3.05) is 19.5 Å². The predicted octanol–water partition coefficient (Wildman–Crippen LogP) is 3.83. The first kappa shape index (κ1) is 24.0. The summed E-state index contributed by atoms with van der Waals surface area (Å²) in [6.07, 6.45) is 0.748. The zero-order chi connectivity index (χ0) is 24.9. The van der Waals surface area contributed by atoms with Crippen molar-refractivity contribution in [2.45, 2.75) is 19.8 Å². The largest absolute Gasteiger partial charge is 0.497 e. The molecule has 1 amide bonds. The summed E-state index contributed by atoms with van der Waals surface area (Å²) in [5.41, 5.74) is 2.86. The predicted molar refractivity (Wildman–Crippen MR) is 134 cm³/mol. The Morgan fingerprint density at radius 1 is 1.09 bits per heavy atom. The van der Waals surface area contributed by atoms with E-state index in [0.29, 0.717) is 22.1 Å². The van der Waals surface area contributed by atoms with Crippen LogP contribution in [0.1, 0.15) is 27.9 Å². The van der Waals surface area contributed by atoms with Gasteiger partial charge in [0.25, 0.3) is 11.5 Å². The summed E-state index contributed by atoms with van der Waals surface area (Å²) in [7, 11) is 2.91. The number of nitrogens with one attached hydrogen (secondary N) is 2. The number of aromatic amines is 1. The molecule has 4 aromatic rings. The van der Waals surface area contributed by atoms with Crippen LogP contribution in [-0.2, 0) is 22.4 Å². The maximum absolute atomic E-state index is 12.8. The van der Waals surface area contributed by atoms with Gasteiger partial charge in [-0.25, -0.2) is 9.67 Å². The molecule has 35 heavy (non-hydrogen) atoms. The Hall–Kier alpha value is -4.18. The lowest BCUT2D eigenvalue weighted by atomic mass is 10.1. The molecule has 0 atom stereocenters. The fraction of sp³-hybridized carbons (Fsp3) is 0.200. The van der Waals surface area contributed by atoms with Crippen LogP contribution in [0.2, 0.25) is 0 Å². The lowest BCUT2D eigenvalue weighted by molar-refractivity contribution is -0.139. The molecule has 2 heterocycles. The van der Waals surface area contributed by atoms with E-state index in [2.05, 4.69) is 20.1 Å². The summed E-state index contributed by atoms with van der Waals surface area (Å²) < 4.78 is 11.1. The number of benzene rings is 2. The zero-order valence-electron chi connectivity index (χ0n) is 19.5. The summed E-state index contributed by atoms with van der Waals surface area (Å²) in [6.45, 7) is 2.05. The number of amides is 1. The van der Waals surface area contributed by atoms with E-state index in [-0.39, 0.29) is 17.9 Å². The topological polar surface area (TPSA) is 115 Å². The number of carbonyl (C=O) groups excluding carboxylic acids is 2. The van der Waals surface area contributed by atoms with Gasteiger partial charge < -0.3 is 9.47 Å². The van der Waals surface area contributed by atoms with Crippen LogP contribution in [0.25, 0.3) is 16.9 Å². The maximum Gasteiger partial charge on any atom is 0.311 e. The SMILES string of the molecule is CCc1sc(NC(=O)c2ccc(-n3[nH]c(CC(=O)OC)cc3=O)cc2)nc1-c1ccc(OC)cc1. The van der Waals surface area contributed by atoms with Crippen LogP contribution in [-0.4, -0.2) is 40.9 Å². The number of hydrogen-bond acceptors (Lipinski definition) is 7. The third-order valence-electron chi connectivity index (χ3n) is 5.33. The number of methoxy groups -OCH3 is 2. The molecular formula is C25H24N4O5S. The molecule has 0 aliphatic rings. The molecular weight excluding hydrogens is 468 g/mol. The molecule has 0 saturated heterocycles. The molecule has 0 aliphatic heterocycles. The van der Waals surface area contributed by atoms with E-state index in [1.165, 1.54) is 29.2 Å². The summed E-state index contributed by atoms with van der Waals surface area (Å²) in [5.74, 6) is 0.00809. The number of esters is 1. The number of rotatable bonds is 8. The van der Waals surface area contributed by atoms with Crippen LogP contribution >= 0.6 is 11.3 Å². The van der Waals surface area contributed by atoms with E-state index >= 15 is 0 Å². The fourth-order valence-corrected chi connectivity index (χ4v) is 4.42. The van der Waals surface area contributed by atoms with Crippen molar-refractivity contribution in [3.8, 4) is 22.7 Å². The van der Waals surface area contributed by atoms with Gasteiger partial charge in [0, 0.05) is 27.8 Å². The van der Waals surface area contributed by atoms with Crippen LogP contribution in [0, 0.1) is 0 Å². The third-order valence-corrected chi connectivity index (χ3v) is 6.44. The van der Waals surface area contributed by atoms with E-state index in [1.54, 1.807) is 31.4 Å². The highest BCUT2D eigenvalue weighted by Gasteiger charge is 2.16. The number of hydrogen-bond donors (Lipinski definition) is 2. The molecule has 0 bridgehead atoms. The first-order valence-corrected chi connectivity index (χ1v) is 11.7. The molecule has 180 valence electrons. The van der Waals surface area contributed by atoms with Gasteiger partial charge in [0.1, 0.15) is 5.75 Å². The fourth-order valence-electron chi connectivity index (χ4n) is 3.51. The standard InChI is InChI=1S/C25H24N4O5S/c1-4-20-23(15-7-11-19(33-2)12-8-15)26-25(35-20)27-24(32)16-5-9-18(10-6-16)29-21(30)13-17(28-29)14-22(31)34-3/h5-13,28H,4,14H2,1-3H3,(H,26,27,32). The summed E-state index contributed by atoms with van der Waals surface area (Å²) >= 11 is 1.44. The first-order chi connectivity index (χ1) is 16.9. The second-order valence-electron chi connectivity index (χ2n) is 7.58. The van der Waals surface area contributed by atoms with Gasteiger partial charge in [0.15, 0.2) is 5.13 Å². The Labute approximate surface area is 205 Å². The second-order valence-corrected chi connectivity index (χ2v) is 8.67. The Morgan fingerprint density at radius 3 is 2.43 bits per heavy atom. The van der Waals surface area contributed by atoms with Gasteiger partial charge in [-0.2, -0.15) is 0 Å². The lowest BCUT2D eigenvalue weighted by Gasteiger charge is -2.05. The second kappa shape index (κ2) is 10.4. The van der Waals surface area contributed by atoms with Gasteiger partial charge in [-0.15, -0.1) is 11.3 Å². The molecule has 4 rings (SSSR count). The van der Waals surface area contributed by atoms with E-state index in [1.807, 2.05) is 31.2 Å². The number of ether oxygens (including phenoxy) is 2. The Balaban J connectivity index is 1.50. The molecule has 0 unspecified atom stereocenters. The maximum atomic E-state index is 12.8. The van der Waals surface area contributed by atoms with Crippen LogP contribution in [0.3, 0.4) is 0 Å². The number of aromatic nitrogens is 3. The number of thiazole rings is 1.